The van der Waals surface area contributed by atoms with Gasteiger partial charge >= 0.3 is 0 Å². The zero-order chi connectivity index (χ0) is 22.2. The Morgan fingerprint density at radius 2 is 1.65 bits per heavy atom. The Morgan fingerprint density at radius 1 is 0.935 bits per heavy atom. The van der Waals surface area contributed by atoms with Crippen molar-refractivity contribution in [3.8, 4) is 11.5 Å². The van der Waals surface area contributed by atoms with Gasteiger partial charge in [0, 0.05) is 23.8 Å². The Balaban J connectivity index is 1.58. The Bertz CT molecular complexity index is 1010. The minimum atomic E-state index is -0.0450. The summed E-state index contributed by atoms with van der Waals surface area (Å²) in [6.45, 7) is 6.97. The molecule has 0 aliphatic heterocycles. The van der Waals surface area contributed by atoms with E-state index in [9.17, 15) is 4.79 Å². The zero-order valence-corrected chi connectivity index (χ0v) is 18.6. The Morgan fingerprint density at radius 3 is 2.32 bits per heavy atom. The van der Waals surface area contributed by atoms with Crippen LogP contribution in [-0.4, -0.2) is 13.0 Å². The highest BCUT2D eigenvalue weighted by atomic mass is 16.5. The van der Waals surface area contributed by atoms with Crippen LogP contribution in [0, 0.1) is 12.8 Å². The SMILES string of the molecule is COc1cc(CNc2ccc(NC(=O)C(C)C)cc2)ccc1OCc1ccccc1C. The highest BCUT2D eigenvalue weighted by molar-refractivity contribution is 5.92. The topological polar surface area (TPSA) is 59.6 Å². The lowest BCUT2D eigenvalue weighted by Crippen LogP contribution is -2.17. The summed E-state index contributed by atoms with van der Waals surface area (Å²) >= 11 is 0. The minimum absolute atomic E-state index is 0.0116. The van der Waals surface area contributed by atoms with Gasteiger partial charge in [0.25, 0.3) is 0 Å². The molecule has 0 heterocycles. The molecule has 0 spiro atoms. The number of hydrogen-bond acceptors (Lipinski definition) is 4. The number of carbonyl (C=O) groups is 1. The fraction of sp³-hybridized carbons (Fsp3) is 0.269. The standard InChI is InChI=1S/C26H30N2O3/c1-18(2)26(29)28-23-12-10-22(11-13-23)27-16-20-9-14-24(25(15-20)30-4)31-17-21-8-6-5-7-19(21)3/h5-15,18,27H,16-17H2,1-4H3,(H,28,29). The van der Waals surface area contributed by atoms with Crippen molar-refractivity contribution in [1.29, 1.82) is 0 Å². The summed E-state index contributed by atoms with van der Waals surface area (Å²) in [5.41, 5.74) is 5.21. The van der Waals surface area contributed by atoms with Crippen LogP contribution >= 0.6 is 0 Å². The fourth-order valence-electron chi connectivity index (χ4n) is 3.03. The molecule has 0 radical (unpaired) electrons. The third-order valence-corrected chi connectivity index (χ3v) is 5.05. The number of amides is 1. The number of methoxy groups -OCH3 is 1. The second-order valence-electron chi connectivity index (χ2n) is 7.78. The second kappa shape index (κ2) is 10.5. The van der Waals surface area contributed by atoms with E-state index in [0.717, 1.165) is 28.3 Å². The molecule has 5 nitrogen and oxygen atoms in total. The normalized spacial score (nSPS) is 10.6. The Labute approximate surface area is 184 Å². The summed E-state index contributed by atoms with van der Waals surface area (Å²) in [6, 6.07) is 21.8. The molecule has 5 heteroatoms. The van der Waals surface area contributed by atoms with E-state index in [1.807, 2.05) is 68.4 Å². The van der Waals surface area contributed by atoms with Crippen LogP contribution in [0.15, 0.2) is 66.7 Å². The van der Waals surface area contributed by atoms with Crippen LogP contribution in [0.2, 0.25) is 0 Å². The maximum absolute atomic E-state index is 11.8. The summed E-state index contributed by atoms with van der Waals surface area (Å²) < 4.78 is 11.5. The number of aryl methyl sites for hydroxylation is 1. The number of nitrogens with one attached hydrogen (secondary N) is 2. The first kappa shape index (κ1) is 22.2. The number of hydrogen-bond donors (Lipinski definition) is 2. The molecular weight excluding hydrogens is 388 g/mol. The molecule has 31 heavy (non-hydrogen) atoms. The van der Waals surface area contributed by atoms with Gasteiger partial charge in [-0.2, -0.15) is 0 Å². The molecule has 0 fully saturated rings. The van der Waals surface area contributed by atoms with Crippen LogP contribution in [0.3, 0.4) is 0 Å². The molecule has 0 saturated carbocycles. The molecular formula is C26H30N2O3. The largest absolute Gasteiger partial charge is 0.493 e. The van der Waals surface area contributed by atoms with Crippen molar-refractivity contribution in [2.75, 3.05) is 17.7 Å². The van der Waals surface area contributed by atoms with Gasteiger partial charge in [-0.3, -0.25) is 4.79 Å². The lowest BCUT2D eigenvalue weighted by atomic mass is 10.1. The monoisotopic (exact) mass is 418 g/mol. The number of anilines is 2. The van der Waals surface area contributed by atoms with Crippen molar-refractivity contribution in [2.24, 2.45) is 5.92 Å². The molecule has 0 aliphatic carbocycles. The summed E-state index contributed by atoms with van der Waals surface area (Å²) in [5.74, 6) is 1.40. The van der Waals surface area contributed by atoms with Crippen molar-refractivity contribution < 1.29 is 14.3 Å². The number of ether oxygens (including phenoxy) is 2. The van der Waals surface area contributed by atoms with E-state index in [-0.39, 0.29) is 11.8 Å². The van der Waals surface area contributed by atoms with Crippen molar-refractivity contribution in [2.45, 2.75) is 33.9 Å². The van der Waals surface area contributed by atoms with Gasteiger partial charge in [0.2, 0.25) is 5.91 Å². The fourth-order valence-corrected chi connectivity index (χ4v) is 3.03. The van der Waals surface area contributed by atoms with Gasteiger partial charge in [0.1, 0.15) is 6.61 Å². The molecule has 1 amide bonds. The molecule has 0 saturated heterocycles. The third-order valence-electron chi connectivity index (χ3n) is 5.05. The summed E-state index contributed by atoms with van der Waals surface area (Å²) in [6.07, 6.45) is 0. The van der Waals surface area contributed by atoms with Gasteiger partial charge in [-0.05, 0) is 60.0 Å². The zero-order valence-electron chi connectivity index (χ0n) is 18.6. The van der Waals surface area contributed by atoms with E-state index >= 15 is 0 Å². The first-order chi connectivity index (χ1) is 15.0. The van der Waals surface area contributed by atoms with Crippen molar-refractivity contribution >= 4 is 17.3 Å². The molecule has 0 aromatic heterocycles. The first-order valence-electron chi connectivity index (χ1n) is 10.5. The van der Waals surface area contributed by atoms with Crippen LogP contribution in [-0.2, 0) is 17.9 Å². The summed E-state index contributed by atoms with van der Waals surface area (Å²) in [4.78, 5) is 11.8. The van der Waals surface area contributed by atoms with E-state index in [4.69, 9.17) is 9.47 Å². The number of rotatable bonds is 9. The van der Waals surface area contributed by atoms with Crippen LogP contribution in [0.1, 0.15) is 30.5 Å². The average molecular weight is 419 g/mol. The Hall–Kier alpha value is -3.47. The van der Waals surface area contributed by atoms with E-state index < -0.39 is 0 Å². The molecule has 3 aromatic carbocycles. The summed E-state index contributed by atoms with van der Waals surface area (Å²) in [5, 5.41) is 6.28. The quantitative estimate of drug-likeness (QED) is 0.462. The molecule has 0 atom stereocenters. The van der Waals surface area contributed by atoms with Gasteiger partial charge in [0.15, 0.2) is 11.5 Å². The van der Waals surface area contributed by atoms with Gasteiger partial charge < -0.3 is 20.1 Å². The molecule has 2 N–H and O–H groups in total. The predicted molar refractivity (Wildman–Crippen MR) is 126 cm³/mol. The molecule has 162 valence electrons. The highest BCUT2D eigenvalue weighted by Gasteiger charge is 2.08. The molecule has 3 rings (SSSR count). The van der Waals surface area contributed by atoms with Crippen molar-refractivity contribution in [3.63, 3.8) is 0 Å². The molecule has 0 unspecified atom stereocenters. The van der Waals surface area contributed by atoms with Crippen LogP contribution in [0.25, 0.3) is 0 Å². The van der Waals surface area contributed by atoms with E-state index in [1.165, 1.54) is 5.56 Å². The predicted octanol–water partition coefficient (Wildman–Crippen LogP) is 5.79. The maximum Gasteiger partial charge on any atom is 0.226 e. The third kappa shape index (κ3) is 6.25. The molecule has 0 aliphatic rings. The lowest BCUT2D eigenvalue weighted by molar-refractivity contribution is -0.118. The smallest absolute Gasteiger partial charge is 0.226 e. The van der Waals surface area contributed by atoms with E-state index in [1.54, 1.807) is 7.11 Å². The minimum Gasteiger partial charge on any atom is -0.493 e. The van der Waals surface area contributed by atoms with Crippen LogP contribution in [0.4, 0.5) is 11.4 Å². The van der Waals surface area contributed by atoms with E-state index in [0.29, 0.717) is 18.9 Å². The number of carbonyl (C=O) groups excluding carboxylic acids is 1. The highest BCUT2D eigenvalue weighted by Crippen LogP contribution is 2.29. The van der Waals surface area contributed by atoms with Gasteiger partial charge in [-0.15, -0.1) is 0 Å². The van der Waals surface area contributed by atoms with Crippen molar-refractivity contribution in [3.05, 3.63) is 83.4 Å². The maximum atomic E-state index is 11.8. The first-order valence-corrected chi connectivity index (χ1v) is 10.5. The Kier molecular flexibility index (Phi) is 7.55. The lowest BCUT2D eigenvalue weighted by Gasteiger charge is -2.14. The molecule has 3 aromatic rings. The second-order valence-corrected chi connectivity index (χ2v) is 7.78. The van der Waals surface area contributed by atoms with E-state index in [2.05, 4.69) is 29.7 Å². The molecule has 0 bridgehead atoms. The summed E-state index contributed by atoms with van der Waals surface area (Å²) in [7, 11) is 1.65. The van der Waals surface area contributed by atoms with Gasteiger partial charge in [-0.1, -0.05) is 44.2 Å². The average Bonchev–Trinajstić information content (AvgIpc) is 2.78. The van der Waals surface area contributed by atoms with Crippen LogP contribution in [0.5, 0.6) is 11.5 Å². The van der Waals surface area contributed by atoms with Crippen molar-refractivity contribution in [1.82, 2.24) is 0 Å². The van der Waals surface area contributed by atoms with Gasteiger partial charge in [0.05, 0.1) is 7.11 Å². The number of benzene rings is 3. The van der Waals surface area contributed by atoms with Gasteiger partial charge in [-0.25, -0.2) is 0 Å². The van der Waals surface area contributed by atoms with Crippen LogP contribution < -0.4 is 20.1 Å².